The van der Waals surface area contributed by atoms with Gasteiger partial charge in [-0.2, -0.15) is 5.26 Å². The second kappa shape index (κ2) is 9.96. The maximum absolute atomic E-state index is 13.0. The molecule has 1 amide bonds. The van der Waals surface area contributed by atoms with E-state index in [1.54, 1.807) is 35.4 Å². The standard InChI is InChI=1S/C26H23N3O4/c1-32-25(30)15-21-14-22(29(26(21)31)24-4-2-3-13-28-24)17-33-23-11-9-20(10-12-23)19-7-5-18(16-27)6-8-19/h2-13,21-22H,14-15,17H2,1H3/t21-,22-/m0/s1. The molecule has 33 heavy (non-hydrogen) atoms. The molecular weight excluding hydrogens is 418 g/mol. The monoisotopic (exact) mass is 441 g/mol. The van der Waals surface area contributed by atoms with Crippen molar-refractivity contribution in [2.75, 3.05) is 18.6 Å². The van der Waals surface area contributed by atoms with Gasteiger partial charge in [0.25, 0.3) is 0 Å². The van der Waals surface area contributed by atoms with Crippen molar-refractivity contribution in [2.24, 2.45) is 5.92 Å². The average Bonchev–Trinajstić information content (AvgIpc) is 3.18. The largest absolute Gasteiger partial charge is 0.491 e. The summed E-state index contributed by atoms with van der Waals surface area (Å²) in [6, 6.07) is 22.3. The number of anilines is 1. The summed E-state index contributed by atoms with van der Waals surface area (Å²) < 4.78 is 10.8. The van der Waals surface area contributed by atoms with Crippen LogP contribution in [-0.2, 0) is 14.3 Å². The number of hydrogen-bond donors (Lipinski definition) is 0. The fourth-order valence-corrected chi connectivity index (χ4v) is 3.98. The van der Waals surface area contributed by atoms with Crippen LogP contribution >= 0.6 is 0 Å². The van der Waals surface area contributed by atoms with Crippen LogP contribution in [0.2, 0.25) is 0 Å². The molecule has 1 fully saturated rings. The lowest BCUT2D eigenvalue weighted by atomic mass is 10.0. The van der Waals surface area contributed by atoms with Crippen molar-refractivity contribution in [2.45, 2.75) is 18.9 Å². The van der Waals surface area contributed by atoms with Crippen LogP contribution in [0.25, 0.3) is 11.1 Å². The summed E-state index contributed by atoms with van der Waals surface area (Å²) in [5, 5.41) is 8.95. The predicted octanol–water partition coefficient (Wildman–Crippen LogP) is 3.98. The Morgan fingerprint density at radius 2 is 1.79 bits per heavy atom. The number of nitrogens with zero attached hydrogens (tertiary/aromatic N) is 3. The molecule has 0 aliphatic carbocycles. The molecule has 0 bridgehead atoms. The summed E-state index contributed by atoms with van der Waals surface area (Å²) in [6.07, 6.45) is 2.15. The van der Waals surface area contributed by atoms with Gasteiger partial charge >= 0.3 is 5.97 Å². The molecule has 7 nitrogen and oxygen atoms in total. The molecule has 2 aromatic carbocycles. The molecule has 0 saturated carbocycles. The van der Waals surface area contributed by atoms with Gasteiger partial charge in [0.2, 0.25) is 5.91 Å². The Kier molecular flexibility index (Phi) is 6.65. The molecule has 2 atom stereocenters. The van der Waals surface area contributed by atoms with Crippen LogP contribution in [-0.4, -0.2) is 36.6 Å². The van der Waals surface area contributed by atoms with Crippen LogP contribution in [0.4, 0.5) is 5.82 Å². The van der Waals surface area contributed by atoms with Crippen LogP contribution < -0.4 is 9.64 Å². The van der Waals surface area contributed by atoms with Crippen LogP contribution in [0, 0.1) is 17.2 Å². The van der Waals surface area contributed by atoms with E-state index in [4.69, 9.17) is 14.7 Å². The first kappa shape index (κ1) is 22.0. The summed E-state index contributed by atoms with van der Waals surface area (Å²) in [5.74, 6) is 0.196. The summed E-state index contributed by atoms with van der Waals surface area (Å²) in [6.45, 7) is 0.274. The molecular formula is C26H23N3O4. The fraction of sp³-hybridized carbons (Fsp3) is 0.231. The Morgan fingerprint density at radius 1 is 1.09 bits per heavy atom. The van der Waals surface area contributed by atoms with Crippen LogP contribution in [0.15, 0.2) is 72.9 Å². The fourth-order valence-electron chi connectivity index (χ4n) is 3.98. The predicted molar refractivity (Wildman–Crippen MR) is 122 cm³/mol. The highest BCUT2D eigenvalue weighted by atomic mass is 16.5. The van der Waals surface area contributed by atoms with Gasteiger partial charge in [0.05, 0.1) is 37.1 Å². The van der Waals surface area contributed by atoms with Gasteiger partial charge in [-0.25, -0.2) is 4.98 Å². The topological polar surface area (TPSA) is 92.5 Å². The van der Waals surface area contributed by atoms with Gasteiger partial charge < -0.3 is 9.47 Å². The maximum Gasteiger partial charge on any atom is 0.306 e. The van der Waals surface area contributed by atoms with Crippen LogP contribution in [0.5, 0.6) is 5.75 Å². The number of amides is 1. The summed E-state index contributed by atoms with van der Waals surface area (Å²) in [4.78, 5) is 30.7. The molecule has 0 unspecified atom stereocenters. The zero-order valence-electron chi connectivity index (χ0n) is 18.2. The Morgan fingerprint density at radius 3 is 2.39 bits per heavy atom. The highest BCUT2D eigenvalue weighted by Gasteiger charge is 2.42. The molecule has 1 aliphatic rings. The van der Waals surface area contributed by atoms with E-state index in [0.29, 0.717) is 23.6 Å². The van der Waals surface area contributed by atoms with Crippen molar-refractivity contribution in [1.82, 2.24) is 4.98 Å². The second-order valence-corrected chi connectivity index (χ2v) is 7.79. The highest BCUT2D eigenvalue weighted by Crippen LogP contribution is 2.32. The van der Waals surface area contributed by atoms with E-state index >= 15 is 0 Å². The van der Waals surface area contributed by atoms with Crippen molar-refractivity contribution in [3.05, 3.63) is 78.5 Å². The molecule has 1 aromatic heterocycles. The van der Waals surface area contributed by atoms with Crippen molar-refractivity contribution >= 4 is 17.7 Å². The molecule has 0 N–H and O–H groups in total. The number of ether oxygens (including phenoxy) is 2. The Bertz CT molecular complexity index is 1150. The maximum atomic E-state index is 13.0. The quantitative estimate of drug-likeness (QED) is 0.515. The van der Waals surface area contributed by atoms with Crippen LogP contribution in [0.3, 0.4) is 0 Å². The number of methoxy groups -OCH3 is 1. The molecule has 7 heteroatoms. The third-order valence-electron chi connectivity index (χ3n) is 5.69. The SMILES string of the molecule is COC(=O)C[C@@H]1C[C@@H](COc2ccc(-c3ccc(C#N)cc3)cc2)N(c2ccccn2)C1=O. The Hall–Kier alpha value is -4.18. The van der Waals surface area contributed by atoms with E-state index in [2.05, 4.69) is 11.1 Å². The minimum Gasteiger partial charge on any atom is -0.491 e. The molecule has 2 heterocycles. The average molecular weight is 441 g/mol. The first-order chi connectivity index (χ1) is 16.1. The lowest BCUT2D eigenvalue weighted by Crippen LogP contribution is -2.38. The second-order valence-electron chi connectivity index (χ2n) is 7.79. The minimum absolute atomic E-state index is 0.0362. The number of rotatable bonds is 7. The number of nitriles is 1. The zero-order chi connectivity index (χ0) is 23.2. The van der Waals surface area contributed by atoms with Crippen LogP contribution in [0.1, 0.15) is 18.4 Å². The molecule has 0 radical (unpaired) electrons. The first-order valence-electron chi connectivity index (χ1n) is 10.6. The Balaban J connectivity index is 1.46. The van der Waals surface area contributed by atoms with Crippen molar-refractivity contribution < 1.29 is 19.1 Å². The highest BCUT2D eigenvalue weighted by molar-refractivity contribution is 5.98. The Labute approximate surface area is 192 Å². The number of benzene rings is 2. The van der Waals surface area contributed by atoms with E-state index < -0.39 is 11.9 Å². The zero-order valence-corrected chi connectivity index (χ0v) is 18.2. The number of aromatic nitrogens is 1. The number of hydrogen-bond acceptors (Lipinski definition) is 6. The third kappa shape index (κ3) is 5.01. The normalized spacial score (nSPS) is 17.5. The van der Waals surface area contributed by atoms with E-state index in [0.717, 1.165) is 11.1 Å². The number of esters is 1. The lowest BCUT2D eigenvalue weighted by Gasteiger charge is -2.24. The van der Waals surface area contributed by atoms with Gasteiger partial charge in [-0.15, -0.1) is 0 Å². The first-order valence-corrected chi connectivity index (χ1v) is 10.6. The van der Waals surface area contributed by atoms with E-state index in [-0.39, 0.29) is 25.0 Å². The summed E-state index contributed by atoms with van der Waals surface area (Å²) in [5.41, 5.74) is 2.64. The number of pyridine rings is 1. The molecule has 1 saturated heterocycles. The van der Waals surface area contributed by atoms with Gasteiger partial charge in [0, 0.05) is 6.20 Å². The van der Waals surface area contributed by atoms with Gasteiger partial charge in [0.15, 0.2) is 0 Å². The number of carbonyl (C=O) groups excluding carboxylic acids is 2. The molecule has 3 aromatic rings. The third-order valence-corrected chi connectivity index (χ3v) is 5.69. The van der Waals surface area contributed by atoms with Crippen molar-refractivity contribution in [3.63, 3.8) is 0 Å². The lowest BCUT2D eigenvalue weighted by molar-refractivity contribution is -0.143. The van der Waals surface area contributed by atoms with Crippen molar-refractivity contribution in [3.8, 4) is 22.9 Å². The molecule has 4 rings (SSSR count). The number of carbonyl (C=O) groups is 2. The molecule has 1 aliphatic heterocycles. The van der Waals surface area contributed by atoms with Gasteiger partial charge in [0.1, 0.15) is 18.2 Å². The summed E-state index contributed by atoms with van der Waals surface area (Å²) in [7, 11) is 1.32. The van der Waals surface area contributed by atoms with Gasteiger partial charge in [-0.3, -0.25) is 14.5 Å². The van der Waals surface area contributed by atoms with E-state index in [1.807, 2.05) is 42.5 Å². The van der Waals surface area contributed by atoms with Gasteiger partial charge in [-0.1, -0.05) is 30.3 Å². The van der Waals surface area contributed by atoms with E-state index in [9.17, 15) is 9.59 Å². The molecule has 0 spiro atoms. The smallest absolute Gasteiger partial charge is 0.306 e. The van der Waals surface area contributed by atoms with E-state index in [1.165, 1.54) is 7.11 Å². The van der Waals surface area contributed by atoms with Crippen molar-refractivity contribution in [1.29, 1.82) is 5.26 Å². The summed E-state index contributed by atoms with van der Waals surface area (Å²) >= 11 is 0. The molecule has 166 valence electrons. The van der Waals surface area contributed by atoms with Gasteiger partial charge in [-0.05, 0) is 53.9 Å². The minimum atomic E-state index is -0.466.